The van der Waals surface area contributed by atoms with Crippen LogP contribution in [0.4, 0.5) is 13.2 Å². The number of pyridine rings is 1. The van der Waals surface area contributed by atoms with E-state index in [1.807, 2.05) is 0 Å². The third-order valence-corrected chi connectivity index (χ3v) is 5.39. The number of nitrogens with zero attached hydrogens (tertiary/aromatic N) is 1. The van der Waals surface area contributed by atoms with Crippen LogP contribution in [0.2, 0.25) is 0 Å². The first kappa shape index (κ1) is 20.6. The van der Waals surface area contributed by atoms with Crippen molar-refractivity contribution in [2.75, 3.05) is 5.75 Å². The van der Waals surface area contributed by atoms with Gasteiger partial charge in [-0.15, -0.1) is 11.8 Å². The summed E-state index contributed by atoms with van der Waals surface area (Å²) in [4.78, 5) is 16.3. The second-order valence-electron chi connectivity index (χ2n) is 6.15. The van der Waals surface area contributed by atoms with Gasteiger partial charge < -0.3 is 20.1 Å². The normalized spacial score (nSPS) is 25.4. The number of aromatic nitrogens is 1. The molecule has 1 saturated heterocycles. The molecule has 1 aliphatic heterocycles. The first-order valence-corrected chi connectivity index (χ1v) is 9.22. The van der Waals surface area contributed by atoms with Crippen LogP contribution < -0.4 is 4.74 Å². The number of rotatable bonds is 4. The summed E-state index contributed by atoms with van der Waals surface area (Å²) in [7, 11) is 0. The molecule has 0 unspecified atom stereocenters. The summed E-state index contributed by atoms with van der Waals surface area (Å²) < 4.78 is 43.3. The Morgan fingerprint density at radius 1 is 1.07 bits per heavy atom. The van der Waals surface area contributed by atoms with E-state index in [1.165, 1.54) is 18.3 Å². The van der Waals surface area contributed by atoms with E-state index in [9.17, 15) is 33.3 Å². The molecule has 1 aromatic heterocycles. The maximum atomic E-state index is 12.6. The van der Waals surface area contributed by atoms with Crippen molar-refractivity contribution in [1.29, 1.82) is 0 Å². The topological polar surface area (TPSA) is 99.9 Å². The average molecular weight is 415 g/mol. The molecule has 0 bridgehead atoms. The van der Waals surface area contributed by atoms with E-state index in [2.05, 4.69) is 4.98 Å². The van der Waals surface area contributed by atoms with Crippen LogP contribution in [0.15, 0.2) is 42.6 Å². The standard InChI is InChI=1S/C18H16F3NO5S/c19-18(20,21)10-3-1-9(2-4-10)14(24)12-6-5-11(7-22-12)27-17-16(26)15(25)13(23)8-28-17/h1-7,13,15-17,23,25-26H,8H2/t13-,15+,16-,17+/m1/s1. The van der Waals surface area contributed by atoms with Gasteiger partial charge in [0.1, 0.15) is 23.7 Å². The number of benzene rings is 1. The van der Waals surface area contributed by atoms with Crippen molar-refractivity contribution in [3.05, 3.63) is 59.4 Å². The zero-order valence-electron chi connectivity index (χ0n) is 14.2. The molecule has 150 valence electrons. The summed E-state index contributed by atoms with van der Waals surface area (Å²) in [5.74, 6) is -0.143. The summed E-state index contributed by atoms with van der Waals surface area (Å²) in [6, 6.07) is 6.59. The van der Waals surface area contributed by atoms with E-state index in [0.717, 1.165) is 36.0 Å². The van der Waals surface area contributed by atoms with Crippen LogP contribution in [-0.2, 0) is 6.18 Å². The molecule has 0 radical (unpaired) electrons. The van der Waals surface area contributed by atoms with Crippen molar-refractivity contribution < 1.29 is 38.0 Å². The zero-order chi connectivity index (χ0) is 20.5. The van der Waals surface area contributed by atoms with E-state index in [1.54, 1.807) is 0 Å². The highest BCUT2D eigenvalue weighted by Crippen LogP contribution is 2.30. The Hall–Kier alpha value is -2.14. The number of halogens is 3. The Balaban J connectivity index is 1.68. The van der Waals surface area contributed by atoms with Gasteiger partial charge in [-0.05, 0) is 24.3 Å². The summed E-state index contributed by atoms with van der Waals surface area (Å²) in [5, 5.41) is 29.1. The number of hydrogen-bond acceptors (Lipinski definition) is 7. The first-order valence-electron chi connectivity index (χ1n) is 8.17. The molecule has 0 aliphatic carbocycles. The van der Waals surface area contributed by atoms with Gasteiger partial charge in [0.05, 0.1) is 17.9 Å². The summed E-state index contributed by atoms with van der Waals surface area (Å²) in [6.45, 7) is 0. The summed E-state index contributed by atoms with van der Waals surface area (Å²) in [6.07, 6.45) is -6.93. The molecule has 1 fully saturated rings. The van der Waals surface area contributed by atoms with Crippen molar-refractivity contribution in [3.8, 4) is 5.75 Å². The molecule has 2 heterocycles. The van der Waals surface area contributed by atoms with E-state index >= 15 is 0 Å². The molecule has 1 aliphatic rings. The van der Waals surface area contributed by atoms with Gasteiger partial charge in [-0.2, -0.15) is 13.2 Å². The van der Waals surface area contributed by atoms with Crippen LogP contribution in [0.1, 0.15) is 21.6 Å². The minimum atomic E-state index is -4.48. The van der Waals surface area contributed by atoms with Crippen LogP contribution in [-0.4, -0.2) is 55.6 Å². The largest absolute Gasteiger partial charge is 0.475 e. The molecule has 4 atom stereocenters. The van der Waals surface area contributed by atoms with Gasteiger partial charge >= 0.3 is 6.18 Å². The van der Waals surface area contributed by atoms with Gasteiger partial charge in [0.2, 0.25) is 5.78 Å². The Bertz CT molecular complexity index is 829. The van der Waals surface area contributed by atoms with Gasteiger partial charge in [-0.25, -0.2) is 4.98 Å². The molecule has 1 aromatic carbocycles. The van der Waals surface area contributed by atoms with Crippen molar-refractivity contribution in [2.45, 2.75) is 29.9 Å². The second-order valence-corrected chi connectivity index (χ2v) is 7.28. The fourth-order valence-corrected chi connectivity index (χ4v) is 3.68. The summed E-state index contributed by atoms with van der Waals surface area (Å²) >= 11 is 1.12. The van der Waals surface area contributed by atoms with Crippen molar-refractivity contribution >= 4 is 17.5 Å². The fourth-order valence-electron chi connectivity index (χ4n) is 2.56. The average Bonchev–Trinajstić information content (AvgIpc) is 2.68. The quantitative estimate of drug-likeness (QED) is 0.656. The molecule has 6 nitrogen and oxygen atoms in total. The molecule has 10 heteroatoms. The molecule has 28 heavy (non-hydrogen) atoms. The Kier molecular flexibility index (Phi) is 5.94. The van der Waals surface area contributed by atoms with Crippen LogP contribution in [0.25, 0.3) is 0 Å². The minimum Gasteiger partial charge on any atom is -0.475 e. The highest BCUT2D eigenvalue weighted by atomic mass is 32.2. The molecule has 0 saturated carbocycles. The lowest BCUT2D eigenvalue weighted by Crippen LogP contribution is -2.50. The lowest BCUT2D eigenvalue weighted by atomic mass is 10.1. The maximum absolute atomic E-state index is 12.6. The second kappa shape index (κ2) is 8.08. The van der Waals surface area contributed by atoms with Gasteiger partial charge in [0.15, 0.2) is 5.44 Å². The molecule has 2 aromatic rings. The van der Waals surface area contributed by atoms with Crippen LogP contribution in [0.3, 0.4) is 0 Å². The molecule has 0 spiro atoms. The number of thioether (sulfide) groups is 1. The molecular formula is C18H16F3NO5S. The Morgan fingerprint density at radius 2 is 1.75 bits per heavy atom. The van der Waals surface area contributed by atoms with Crippen molar-refractivity contribution in [2.24, 2.45) is 0 Å². The lowest BCUT2D eigenvalue weighted by molar-refractivity contribution is -0.137. The molecule has 0 amide bonds. The predicted octanol–water partition coefficient (Wildman–Crippen LogP) is 1.87. The zero-order valence-corrected chi connectivity index (χ0v) is 15.0. The smallest absolute Gasteiger partial charge is 0.416 e. The fraction of sp³-hybridized carbons (Fsp3) is 0.333. The lowest BCUT2D eigenvalue weighted by Gasteiger charge is -2.34. The SMILES string of the molecule is O=C(c1ccc(C(F)(F)F)cc1)c1ccc(O[C@H]2SC[C@@H](O)[C@H](O)[C@H]2O)cn1. The highest BCUT2D eigenvalue weighted by Gasteiger charge is 2.38. The van der Waals surface area contributed by atoms with Crippen LogP contribution in [0.5, 0.6) is 5.75 Å². The number of alkyl halides is 3. The number of hydrogen-bond donors (Lipinski definition) is 3. The molecule has 3 N–H and O–H groups in total. The van der Waals surface area contributed by atoms with Crippen molar-refractivity contribution in [1.82, 2.24) is 4.98 Å². The molecule has 3 rings (SSSR count). The number of carbonyl (C=O) groups is 1. The number of carbonyl (C=O) groups excluding carboxylic acids is 1. The summed E-state index contributed by atoms with van der Waals surface area (Å²) in [5.41, 5.74) is -1.60. The Morgan fingerprint density at radius 3 is 2.32 bits per heavy atom. The molecular weight excluding hydrogens is 399 g/mol. The number of aliphatic hydroxyl groups is 3. The highest BCUT2D eigenvalue weighted by molar-refractivity contribution is 7.99. The van der Waals surface area contributed by atoms with Gasteiger partial charge in [0, 0.05) is 11.3 Å². The number of ether oxygens (including phenoxy) is 1. The van der Waals surface area contributed by atoms with E-state index in [4.69, 9.17) is 4.74 Å². The first-order chi connectivity index (χ1) is 13.2. The van der Waals surface area contributed by atoms with E-state index in [-0.39, 0.29) is 22.8 Å². The minimum absolute atomic E-state index is 0.0133. The van der Waals surface area contributed by atoms with E-state index < -0.39 is 41.3 Å². The third-order valence-electron chi connectivity index (χ3n) is 4.15. The monoisotopic (exact) mass is 415 g/mol. The third kappa shape index (κ3) is 4.46. The van der Waals surface area contributed by atoms with E-state index in [0.29, 0.717) is 0 Å². The van der Waals surface area contributed by atoms with Gasteiger partial charge in [0.25, 0.3) is 0 Å². The maximum Gasteiger partial charge on any atom is 0.416 e. The van der Waals surface area contributed by atoms with Crippen LogP contribution in [0, 0.1) is 0 Å². The van der Waals surface area contributed by atoms with Gasteiger partial charge in [-0.1, -0.05) is 12.1 Å². The number of aliphatic hydroxyl groups excluding tert-OH is 3. The van der Waals surface area contributed by atoms with Crippen molar-refractivity contribution in [3.63, 3.8) is 0 Å². The Labute approximate surface area is 162 Å². The predicted molar refractivity (Wildman–Crippen MR) is 94.0 cm³/mol. The van der Waals surface area contributed by atoms with Gasteiger partial charge in [-0.3, -0.25) is 4.79 Å². The number of ketones is 1. The van der Waals surface area contributed by atoms with Crippen LogP contribution >= 0.6 is 11.8 Å².